The number of hydrogen-bond acceptors (Lipinski definition) is 3. The number of halogens is 1. The molecule has 0 saturated heterocycles. The summed E-state index contributed by atoms with van der Waals surface area (Å²) in [5.41, 5.74) is 2.01. The van der Waals surface area contributed by atoms with Crippen LogP contribution in [-0.2, 0) is 27.9 Å². The van der Waals surface area contributed by atoms with Gasteiger partial charge in [-0.3, -0.25) is 4.79 Å². The Balaban J connectivity index is 1.45. The highest BCUT2D eigenvalue weighted by Crippen LogP contribution is 2.29. The summed E-state index contributed by atoms with van der Waals surface area (Å²) < 4.78 is 32.0. The van der Waals surface area contributed by atoms with Crippen molar-refractivity contribution in [1.29, 1.82) is 0 Å². The SMILES string of the molecule is CCC(C)N(CC(=O)N(Cc1cccn1Cc1ccccc1Cl)C1CCCCC1)S(=O)(=O)c1cccc2ccccc12. The quantitative estimate of drug-likeness (QED) is 0.178. The fourth-order valence-corrected chi connectivity index (χ4v) is 8.06. The highest BCUT2D eigenvalue weighted by molar-refractivity contribution is 7.89. The van der Waals surface area contributed by atoms with Crippen LogP contribution in [0.1, 0.15) is 63.6 Å². The third kappa shape index (κ3) is 6.59. The molecule has 0 aliphatic heterocycles. The Kier molecular flexibility index (Phi) is 9.71. The molecule has 5 rings (SSSR count). The first-order chi connectivity index (χ1) is 20.3. The first-order valence-corrected chi connectivity index (χ1v) is 16.8. The van der Waals surface area contributed by atoms with Crippen molar-refractivity contribution >= 4 is 38.3 Å². The summed E-state index contributed by atoms with van der Waals surface area (Å²) in [4.78, 5) is 16.4. The summed E-state index contributed by atoms with van der Waals surface area (Å²) in [5, 5.41) is 2.24. The summed E-state index contributed by atoms with van der Waals surface area (Å²) in [6, 6.07) is 24.4. The minimum Gasteiger partial charge on any atom is -0.345 e. The van der Waals surface area contributed by atoms with Crippen molar-refractivity contribution in [1.82, 2.24) is 13.8 Å². The number of nitrogens with zero attached hydrogens (tertiary/aromatic N) is 3. The van der Waals surface area contributed by atoms with E-state index >= 15 is 0 Å². The van der Waals surface area contributed by atoms with Gasteiger partial charge in [0.15, 0.2) is 0 Å². The van der Waals surface area contributed by atoms with E-state index in [-0.39, 0.29) is 29.4 Å². The second-order valence-electron chi connectivity index (χ2n) is 11.3. The summed E-state index contributed by atoms with van der Waals surface area (Å²) in [6.45, 7) is 4.67. The Morgan fingerprint density at radius 2 is 1.67 bits per heavy atom. The minimum absolute atomic E-state index is 0.0777. The Labute approximate surface area is 254 Å². The predicted octanol–water partition coefficient (Wildman–Crippen LogP) is 7.49. The smallest absolute Gasteiger partial charge is 0.244 e. The molecular formula is C34H40ClN3O3S. The van der Waals surface area contributed by atoms with Gasteiger partial charge in [-0.15, -0.1) is 0 Å². The summed E-state index contributed by atoms with van der Waals surface area (Å²) in [6.07, 6.45) is 7.76. The maximum Gasteiger partial charge on any atom is 0.244 e. The fourth-order valence-electron chi connectivity index (χ4n) is 6.00. The van der Waals surface area contributed by atoms with Crippen molar-refractivity contribution < 1.29 is 13.2 Å². The molecule has 0 bridgehead atoms. The van der Waals surface area contributed by atoms with Gasteiger partial charge in [-0.25, -0.2) is 8.42 Å². The van der Waals surface area contributed by atoms with E-state index in [1.54, 1.807) is 12.1 Å². The molecule has 0 spiro atoms. The third-order valence-corrected chi connectivity index (χ3v) is 11.0. The summed E-state index contributed by atoms with van der Waals surface area (Å²) in [5.74, 6) is -0.156. The van der Waals surface area contributed by atoms with E-state index in [4.69, 9.17) is 11.6 Å². The van der Waals surface area contributed by atoms with E-state index in [1.807, 2.05) is 91.7 Å². The van der Waals surface area contributed by atoms with Gasteiger partial charge >= 0.3 is 0 Å². The average molecular weight is 606 g/mol. The molecular weight excluding hydrogens is 566 g/mol. The Hall–Kier alpha value is -3.13. The van der Waals surface area contributed by atoms with Crippen LogP contribution in [0.2, 0.25) is 5.02 Å². The van der Waals surface area contributed by atoms with Gasteiger partial charge in [0.25, 0.3) is 0 Å². The van der Waals surface area contributed by atoms with Gasteiger partial charge < -0.3 is 9.47 Å². The standard InChI is InChI=1S/C34H40ClN3O3S/c1-3-26(2)38(42(40,41)33-21-11-15-27-13-7-9-19-31(27)33)25-34(39)37(29-16-5-4-6-17-29)24-30-18-12-22-36(30)23-28-14-8-10-20-32(28)35/h7-15,18-22,26,29H,3-6,16-17,23-25H2,1-2H3. The number of carbonyl (C=O) groups excluding carboxylic acids is 1. The first kappa shape index (κ1) is 30.3. The molecule has 42 heavy (non-hydrogen) atoms. The van der Waals surface area contributed by atoms with Crippen LogP contribution in [0.15, 0.2) is 90.0 Å². The lowest BCUT2D eigenvalue weighted by atomic mass is 9.94. The first-order valence-electron chi connectivity index (χ1n) is 15.0. The molecule has 1 aliphatic rings. The third-order valence-electron chi connectivity index (χ3n) is 8.60. The molecule has 1 saturated carbocycles. The maximum atomic E-state index is 14.3. The number of sulfonamides is 1. The van der Waals surface area contributed by atoms with Gasteiger partial charge in [0.05, 0.1) is 18.0 Å². The van der Waals surface area contributed by atoms with Crippen LogP contribution in [0.3, 0.4) is 0 Å². The van der Waals surface area contributed by atoms with Crippen LogP contribution in [0.25, 0.3) is 10.8 Å². The molecule has 3 aromatic carbocycles. The molecule has 4 aromatic rings. The maximum absolute atomic E-state index is 14.3. The Bertz CT molecular complexity index is 1620. The molecule has 1 amide bonds. The highest BCUT2D eigenvalue weighted by Gasteiger charge is 2.35. The monoisotopic (exact) mass is 605 g/mol. The minimum atomic E-state index is -3.95. The van der Waals surface area contributed by atoms with Crippen LogP contribution >= 0.6 is 11.6 Å². The lowest BCUT2D eigenvalue weighted by Gasteiger charge is -2.37. The van der Waals surface area contributed by atoms with E-state index in [2.05, 4.69) is 4.57 Å². The zero-order chi connectivity index (χ0) is 29.7. The zero-order valence-corrected chi connectivity index (χ0v) is 26.0. The van der Waals surface area contributed by atoms with Gasteiger partial charge in [0.1, 0.15) is 0 Å². The molecule has 1 aromatic heterocycles. The summed E-state index contributed by atoms with van der Waals surface area (Å²) in [7, 11) is -3.95. The molecule has 1 atom stereocenters. The normalized spacial score (nSPS) is 15.2. The topological polar surface area (TPSA) is 62.6 Å². The van der Waals surface area contributed by atoms with E-state index < -0.39 is 10.0 Å². The van der Waals surface area contributed by atoms with Crippen LogP contribution in [0.5, 0.6) is 0 Å². The fraction of sp³-hybridized carbons (Fsp3) is 0.382. The number of hydrogen-bond donors (Lipinski definition) is 0. The van der Waals surface area contributed by atoms with Gasteiger partial charge in [0.2, 0.25) is 15.9 Å². The number of benzene rings is 3. The average Bonchev–Trinajstić information content (AvgIpc) is 3.45. The lowest BCUT2D eigenvalue weighted by Crippen LogP contribution is -2.49. The van der Waals surface area contributed by atoms with Crippen molar-refractivity contribution in [3.63, 3.8) is 0 Å². The second kappa shape index (κ2) is 13.4. The number of rotatable bonds is 11. The van der Waals surface area contributed by atoms with E-state index in [0.717, 1.165) is 48.7 Å². The molecule has 0 radical (unpaired) electrons. The highest BCUT2D eigenvalue weighted by atomic mass is 35.5. The van der Waals surface area contributed by atoms with Gasteiger partial charge in [0, 0.05) is 40.9 Å². The molecule has 1 fully saturated rings. The van der Waals surface area contributed by atoms with E-state index in [0.29, 0.717) is 29.9 Å². The van der Waals surface area contributed by atoms with E-state index in [1.165, 1.54) is 4.31 Å². The van der Waals surface area contributed by atoms with Crippen LogP contribution < -0.4 is 0 Å². The van der Waals surface area contributed by atoms with Crippen LogP contribution in [0, 0.1) is 0 Å². The molecule has 222 valence electrons. The molecule has 0 N–H and O–H groups in total. The van der Waals surface area contributed by atoms with Crippen molar-refractivity contribution in [2.24, 2.45) is 0 Å². The largest absolute Gasteiger partial charge is 0.345 e. The molecule has 1 heterocycles. The number of carbonyl (C=O) groups is 1. The Morgan fingerprint density at radius 1 is 0.952 bits per heavy atom. The summed E-state index contributed by atoms with van der Waals surface area (Å²) >= 11 is 6.46. The van der Waals surface area contributed by atoms with Gasteiger partial charge in [-0.2, -0.15) is 4.31 Å². The van der Waals surface area contributed by atoms with Crippen molar-refractivity contribution in [3.8, 4) is 0 Å². The lowest BCUT2D eigenvalue weighted by molar-refractivity contribution is -0.135. The number of amides is 1. The molecule has 1 aliphatic carbocycles. The number of fused-ring (bicyclic) bond motifs is 1. The van der Waals surface area contributed by atoms with Crippen LogP contribution in [0.4, 0.5) is 0 Å². The second-order valence-corrected chi connectivity index (χ2v) is 13.6. The van der Waals surface area contributed by atoms with Crippen molar-refractivity contribution in [2.45, 2.75) is 82.4 Å². The van der Waals surface area contributed by atoms with Crippen molar-refractivity contribution in [3.05, 3.63) is 101 Å². The predicted molar refractivity (Wildman–Crippen MR) is 170 cm³/mol. The van der Waals surface area contributed by atoms with Crippen LogP contribution in [-0.4, -0.2) is 46.7 Å². The molecule has 6 nitrogen and oxygen atoms in total. The molecule has 8 heteroatoms. The van der Waals surface area contributed by atoms with Crippen molar-refractivity contribution in [2.75, 3.05) is 6.54 Å². The van der Waals surface area contributed by atoms with Gasteiger partial charge in [-0.05, 0) is 61.4 Å². The van der Waals surface area contributed by atoms with Gasteiger partial charge in [-0.1, -0.05) is 92.4 Å². The van der Waals surface area contributed by atoms with E-state index in [9.17, 15) is 13.2 Å². The number of aromatic nitrogens is 1. The molecule has 1 unspecified atom stereocenters. The zero-order valence-electron chi connectivity index (χ0n) is 24.5. The Morgan fingerprint density at radius 3 is 2.43 bits per heavy atom.